The number of carboxylic acid groups (broad SMARTS) is 1. The van der Waals surface area contributed by atoms with E-state index in [0.717, 1.165) is 29.7 Å². The first-order valence-corrected chi connectivity index (χ1v) is 16.2. The Kier molecular flexibility index (Phi) is 13.5. The van der Waals surface area contributed by atoms with Gasteiger partial charge in [-0.2, -0.15) is 28.1 Å². The van der Waals surface area contributed by atoms with Crippen LogP contribution in [-0.4, -0.2) is 95.2 Å². The molecule has 5 rings (SSSR count). The lowest BCUT2D eigenvalue weighted by atomic mass is 9.96. The quantitative estimate of drug-likeness (QED) is 0.227. The molecule has 0 fully saturated rings. The third-order valence-corrected chi connectivity index (χ3v) is 7.56. The molecule has 3 N–H and O–H groups in total. The van der Waals surface area contributed by atoms with Gasteiger partial charge >= 0.3 is 30.0 Å². The Balaban J connectivity index is 1.60. The summed E-state index contributed by atoms with van der Waals surface area (Å²) < 4.78 is 55.6. The van der Waals surface area contributed by atoms with E-state index in [4.69, 9.17) is 14.2 Å². The van der Waals surface area contributed by atoms with Crippen LogP contribution in [0.1, 0.15) is 59.4 Å². The number of hydrogen-bond acceptors (Lipinski definition) is 11. The number of ketones is 1. The van der Waals surface area contributed by atoms with E-state index < -0.39 is 61.2 Å². The van der Waals surface area contributed by atoms with E-state index >= 15 is 0 Å². The summed E-state index contributed by atoms with van der Waals surface area (Å²) in [7, 11) is 2.74. The van der Waals surface area contributed by atoms with Crippen molar-refractivity contribution in [2.75, 3.05) is 45.8 Å². The Morgan fingerprint density at radius 2 is 1.65 bits per heavy atom. The van der Waals surface area contributed by atoms with Gasteiger partial charge in [0, 0.05) is 40.0 Å². The zero-order valence-corrected chi connectivity index (χ0v) is 28.1. The summed E-state index contributed by atoms with van der Waals surface area (Å²) in [6.45, 7) is -1.10. The molecule has 14 nitrogen and oxygen atoms in total. The fourth-order valence-corrected chi connectivity index (χ4v) is 4.87. The van der Waals surface area contributed by atoms with Crippen molar-refractivity contribution >= 4 is 29.5 Å². The van der Waals surface area contributed by atoms with Crippen molar-refractivity contribution in [3.05, 3.63) is 65.0 Å². The summed E-state index contributed by atoms with van der Waals surface area (Å²) in [6.07, 6.45) is -2.05. The van der Waals surface area contributed by atoms with Gasteiger partial charge in [0.05, 0.1) is 24.7 Å². The summed E-state index contributed by atoms with van der Waals surface area (Å²) in [5, 5.41) is 15.0. The van der Waals surface area contributed by atoms with Gasteiger partial charge in [-0.05, 0) is 61.1 Å². The smallest absolute Gasteiger partial charge is 0.422 e. The molecule has 0 spiro atoms. The number of nitrogens with zero attached hydrogens (tertiary/aromatic N) is 4. The van der Waals surface area contributed by atoms with Crippen LogP contribution in [0.4, 0.5) is 19.1 Å². The van der Waals surface area contributed by atoms with Gasteiger partial charge in [-0.1, -0.05) is 18.2 Å². The molecule has 3 heterocycles. The second-order valence-corrected chi connectivity index (χ2v) is 11.9. The number of aromatic nitrogens is 3. The van der Waals surface area contributed by atoms with Crippen molar-refractivity contribution in [1.82, 2.24) is 25.2 Å². The number of rotatable bonds is 8. The number of anilines is 1. The molecule has 2 amide bonds. The van der Waals surface area contributed by atoms with E-state index in [1.165, 1.54) is 20.2 Å². The van der Waals surface area contributed by atoms with Crippen molar-refractivity contribution in [1.29, 1.82) is 0 Å². The monoisotopic (exact) mass is 716 g/mol. The molecule has 17 heteroatoms. The summed E-state index contributed by atoms with van der Waals surface area (Å²) in [4.78, 5) is 62.9. The molecule has 2 aromatic carbocycles. The average molecular weight is 717 g/mol. The molecule has 0 saturated heterocycles. The molecule has 0 unspecified atom stereocenters. The van der Waals surface area contributed by atoms with E-state index in [0.29, 0.717) is 24.3 Å². The Morgan fingerprint density at radius 1 is 0.961 bits per heavy atom. The molecule has 0 aliphatic carbocycles. The molecule has 1 aromatic heterocycles. The zero-order valence-electron chi connectivity index (χ0n) is 28.1. The Labute approximate surface area is 291 Å². The number of alkyl halides is 3. The Hall–Kier alpha value is -5.48. The molecular weight excluding hydrogens is 677 g/mol. The molecule has 6 bridgehead atoms. The minimum Gasteiger partial charge on any atom is -0.494 e. The predicted octanol–water partition coefficient (Wildman–Crippen LogP) is 3.83. The van der Waals surface area contributed by atoms with Crippen molar-refractivity contribution in [2.45, 2.75) is 51.2 Å². The van der Waals surface area contributed by atoms with Crippen molar-refractivity contribution < 1.29 is 51.7 Å². The minimum absolute atomic E-state index is 0.0138. The molecule has 2 aliphatic rings. The Morgan fingerprint density at radius 3 is 2.31 bits per heavy atom. The summed E-state index contributed by atoms with van der Waals surface area (Å²) in [5.41, 5.74) is 1.46. The fraction of sp³-hybridized carbons (Fsp3) is 0.441. The molecule has 0 saturated carbocycles. The van der Waals surface area contributed by atoms with Crippen LogP contribution in [0.5, 0.6) is 17.5 Å². The van der Waals surface area contributed by atoms with Gasteiger partial charge in [0.1, 0.15) is 17.3 Å². The lowest BCUT2D eigenvalue weighted by Crippen LogP contribution is -2.42. The summed E-state index contributed by atoms with van der Waals surface area (Å²) in [6, 6.07) is 11.4. The number of halogens is 3. The van der Waals surface area contributed by atoms with Crippen LogP contribution in [0.2, 0.25) is 0 Å². The first-order valence-electron chi connectivity index (χ1n) is 16.2. The number of benzene rings is 2. The number of carbonyl (C=O) groups is 4. The number of nitrogens with one attached hydrogen (secondary N) is 2. The number of likely N-dealkylation sites (N-methyl/N-ethyl adjacent to an activating group) is 1. The largest absolute Gasteiger partial charge is 0.494 e. The third kappa shape index (κ3) is 12.4. The molecular formula is C34H39F3N6O8. The normalized spacial score (nSPS) is 14.4. The second-order valence-electron chi connectivity index (χ2n) is 11.9. The van der Waals surface area contributed by atoms with E-state index in [1.807, 2.05) is 24.3 Å². The fourth-order valence-electron chi connectivity index (χ4n) is 4.87. The number of carbonyl (C=O) groups excluding carboxylic acids is 3. The lowest BCUT2D eigenvalue weighted by Gasteiger charge is -2.16. The minimum atomic E-state index is -4.63. The summed E-state index contributed by atoms with van der Waals surface area (Å²) >= 11 is 0. The van der Waals surface area contributed by atoms with Gasteiger partial charge in [0.25, 0.3) is 0 Å². The van der Waals surface area contributed by atoms with E-state index in [9.17, 15) is 37.5 Å². The number of ether oxygens (including phenoxy) is 3. The Bertz CT molecular complexity index is 1690. The first-order chi connectivity index (χ1) is 24.3. The van der Waals surface area contributed by atoms with Gasteiger partial charge in [0.15, 0.2) is 12.4 Å². The van der Waals surface area contributed by atoms with E-state index in [2.05, 4.69) is 25.6 Å². The predicted molar refractivity (Wildman–Crippen MR) is 176 cm³/mol. The van der Waals surface area contributed by atoms with E-state index in [1.54, 1.807) is 12.1 Å². The SMILES string of the molecule is CN(C)C(=O)C(=O)NC[C@H](CC(=O)c1ccc2cc1OCCCCCCOc1ccc(cc1)CNc1nc(nc(OCC(F)(F)F)n1)C2)C(=O)O. The maximum absolute atomic E-state index is 13.5. The van der Waals surface area contributed by atoms with Crippen LogP contribution in [0.25, 0.3) is 0 Å². The van der Waals surface area contributed by atoms with Crippen molar-refractivity contribution in [2.24, 2.45) is 5.92 Å². The second kappa shape index (κ2) is 18.0. The standard InChI is InChI=1S/C34H39F3N6O8/c1-43(2)30(46)29(45)38-19-23(31(47)48)17-26(44)25-12-9-22-15-27(25)50-14-6-4-3-5-13-49-24-10-7-21(8-11-24)18-39-32-40-28(16-22)41-33(42-32)51-20-34(35,36)37/h7-12,15,23H,3-6,13-14,16-20H2,1-2H3,(H,38,45)(H,47,48)(H,39,40,41,42)/t23-/m0/s1. The van der Waals surface area contributed by atoms with Crippen LogP contribution >= 0.6 is 0 Å². The van der Waals surface area contributed by atoms with Gasteiger partial charge < -0.3 is 34.9 Å². The third-order valence-electron chi connectivity index (χ3n) is 7.56. The van der Waals surface area contributed by atoms with Gasteiger partial charge in [-0.25, -0.2) is 0 Å². The number of carboxylic acids is 1. The van der Waals surface area contributed by atoms with Crippen molar-refractivity contribution in [3.63, 3.8) is 0 Å². The summed E-state index contributed by atoms with van der Waals surface area (Å²) in [5.74, 6) is -4.26. The number of aliphatic carboxylic acids is 1. The number of Topliss-reactive ketones (excluding diaryl/α,β-unsaturated/α-hetero) is 1. The zero-order chi connectivity index (χ0) is 37.0. The molecule has 0 radical (unpaired) electrons. The van der Waals surface area contributed by atoms with Gasteiger partial charge in [-0.15, -0.1) is 0 Å². The molecule has 2 aliphatic heterocycles. The highest BCUT2D eigenvalue weighted by atomic mass is 19.4. The first kappa shape index (κ1) is 38.3. The number of hydrogen-bond donors (Lipinski definition) is 3. The molecule has 1 atom stereocenters. The topological polar surface area (TPSA) is 182 Å². The van der Waals surface area contributed by atoms with Gasteiger partial charge in [0.2, 0.25) is 5.95 Å². The number of amides is 2. The maximum Gasteiger partial charge on any atom is 0.422 e. The maximum atomic E-state index is 13.5. The highest BCUT2D eigenvalue weighted by Crippen LogP contribution is 2.26. The molecule has 274 valence electrons. The van der Waals surface area contributed by atoms with Crippen LogP contribution in [0.15, 0.2) is 42.5 Å². The highest BCUT2D eigenvalue weighted by molar-refractivity contribution is 6.34. The van der Waals surface area contributed by atoms with E-state index in [-0.39, 0.29) is 42.7 Å². The van der Waals surface area contributed by atoms with Crippen LogP contribution in [0, 0.1) is 5.92 Å². The van der Waals surface area contributed by atoms with Crippen molar-refractivity contribution in [3.8, 4) is 17.5 Å². The van der Waals surface area contributed by atoms with Gasteiger partial charge in [-0.3, -0.25) is 19.2 Å². The van der Waals surface area contributed by atoms with Crippen LogP contribution in [-0.2, 0) is 27.3 Å². The average Bonchev–Trinajstić information content (AvgIpc) is 3.08. The molecule has 3 aromatic rings. The highest BCUT2D eigenvalue weighted by Gasteiger charge is 2.30. The number of fused-ring (bicyclic) bond motifs is 10. The molecule has 51 heavy (non-hydrogen) atoms. The van der Waals surface area contributed by atoms with Crippen LogP contribution in [0.3, 0.4) is 0 Å². The van der Waals surface area contributed by atoms with Crippen LogP contribution < -0.4 is 24.8 Å². The lowest BCUT2D eigenvalue weighted by molar-refractivity contribution is -0.154.